The molecule has 2 aromatic rings. The molecule has 104 valence electrons. The van der Waals surface area contributed by atoms with Gasteiger partial charge in [-0.15, -0.1) is 0 Å². The standard InChI is InChI=1S/C15H15BrN2O2/c1-10(14(19)11-2-4-13(16)5-3-11)18-15(20)12-6-8-17-9-7-12/h2-10,14,19H,1H3,(H,18,20). The molecule has 2 N–H and O–H groups in total. The maximum absolute atomic E-state index is 12.0. The Bertz CT molecular complexity index is 572. The summed E-state index contributed by atoms with van der Waals surface area (Å²) in [6.07, 6.45) is 2.36. The molecule has 2 rings (SSSR count). The maximum atomic E-state index is 12.0. The monoisotopic (exact) mass is 334 g/mol. The molecule has 0 saturated carbocycles. The van der Waals surface area contributed by atoms with E-state index in [1.54, 1.807) is 31.5 Å². The first-order chi connectivity index (χ1) is 9.58. The summed E-state index contributed by atoms with van der Waals surface area (Å²) < 4.78 is 0.946. The normalized spacial score (nSPS) is 13.6. The second-order valence-electron chi connectivity index (χ2n) is 4.49. The molecular weight excluding hydrogens is 320 g/mol. The molecule has 0 fully saturated rings. The first-order valence-corrected chi connectivity index (χ1v) is 7.01. The van der Waals surface area contributed by atoms with Crippen LogP contribution in [0.4, 0.5) is 0 Å². The Balaban J connectivity index is 2.02. The number of rotatable bonds is 4. The van der Waals surface area contributed by atoms with Gasteiger partial charge in [-0.05, 0) is 36.8 Å². The molecule has 0 aliphatic carbocycles. The highest BCUT2D eigenvalue weighted by atomic mass is 79.9. The Kier molecular flexibility index (Phi) is 4.87. The fourth-order valence-corrected chi connectivity index (χ4v) is 2.09. The van der Waals surface area contributed by atoms with Gasteiger partial charge in [0.25, 0.3) is 5.91 Å². The van der Waals surface area contributed by atoms with Gasteiger partial charge >= 0.3 is 0 Å². The van der Waals surface area contributed by atoms with Crippen LogP contribution in [-0.4, -0.2) is 22.0 Å². The van der Waals surface area contributed by atoms with Gasteiger partial charge in [0.05, 0.1) is 12.1 Å². The van der Waals surface area contributed by atoms with Crippen LogP contribution < -0.4 is 5.32 Å². The summed E-state index contributed by atoms with van der Waals surface area (Å²) in [5.41, 5.74) is 1.28. The van der Waals surface area contributed by atoms with Gasteiger partial charge in [0.1, 0.15) is 0 Å². The average Bonchev–Trinajstić information content (AvgIpc) is 2.48. The number of carbonyl (C=O) groups excluding carboxylic acids is 1. The molecule has 0 aliphatic rings. The lowest BCUT2D eigenvalue weighted by molar-refractivity contribution is 0.0852. The van der Waals surface area contributed by atoms with Gasteiger partial charge in [0.15, 0.2) is 0 Å². The molecule has 0 spiro atoms. The molecule has 1 aromatic carbocycles. The van der Waals surface area contributed by atoms with Gasteiger partial charge in [0, 0.05) is 22.4 Å². The lowest BCUT2D eigenvalue weighted by Gasteiger charge is -2.20. The molecule has 1 amide bonds. The van der Waals surface area contributed by atoms with Crippen molar-refractivity contribution in [2.75, 3.05) is 0 Å². The van der Waals surface area contributed by atoms with Crippen molar-refractivity contribution in [3.05, 3.63) is 64.4 Å². The van der Waals surface area contributed by atoms with Gasteiger partial charge in [-0.2, -0.15) is 0 Å². The van der Waals surface area contributed by atoms with E-state index in [4.69, 9.17) is 0 Å². The number of hydrogen-bond donors (Lipinski definition) is 2. The number of aromatic nitrogens is 1. The molecule has 20 heavy (non-hydrogen) atoms. The van der Waals surface area contributed by atoms with Crippen molar-refractivity contribution in [3.63, 3.8) is 0 Å². The third-order valence-electron chi connectivity index (χ3n) is 2.99. The SMILES string of the molecule is CC(NC(=O)c1ccncc1)C(O)c1ccc(Br)cc1. The largest absolute Gasteiger partial charge is 0.386 e. The Morgan fingerprint density at radius 2 is 1.80 bits per heavy atom. The van der Waals surface area contributed by atoms with Crippen molar-refractivity contribution in [1.82, 2.24) is 10.3 Å². The first kappa shape index (κ1) is 14.7. The third-order valence-corrected chi connectivity index (χ3v) is 3.52. The summed E-state index contributed by atoms with van der Waals surface area (Å²) in [4.78, 5) is 15.9. The van der Waals surface area contributed by atoms with Crippen LogP contribution in [0.5, 0.6) is 0 Å². The predicted octanol–water partition coefficient (Wildman–Crippen LogP) is 2.70. The molecule has 1 heterocycles. The quantitative estimate of drug-likeness (QED) is 0.903. The van der Waals surface area contributed by atoms with Crippen molar-refractivity contribution in [2.45, 2.75) is 19.1 Å². The average molecular weight is 335 g/mol. The highest BCUT2D eigenvalue weighted by Gasteiger charge is 2.18. The van der Waals surface area contributed by atoms with Crippen LogP contribution in [-0.2, 0) is 0 Å². The minimum atomic E-state index is -0.756. The van der Waals surface area contributed by atoms with Crippen LogP contribution in [0.3, 0.4) is 0 Å². The van der Waals surface area contributed by atoms with Gasteiger partial charge in [-0.1, -0.05) is 28.1 Å². The lowest BCUT2D eigenvalue weighted by Crippen LogP contribution is -2.37. The topological polar surface area (TPSA) is 62.2 Å². The van der Waals surface area contributed by atoms with E-state index < -0.39 is 12.1 Å². The molecule has 4 nitrogen and oxygen atoms in total. The number of pyridine rings is 1. The van der Waals surface area contributed by atoms with Crippen molar-refractivity contribution < 1.29 is 9.90 Å². The van der Waals surface area contributed by atoms with Crippen LogP contribution in [0.2, 0.25) is 0 Å². The highest BCUT2D eigenvalue weighted by Crippen LogP contribution is 2.19. The van der Waals surface area contributed by atoms with Crippen LogP contribution in [0.25, 0.3) is 0 Å². The van der Waals surface area contributed by atoms with E-state index in [2.05, 4.69) is 26.2 Å². The highest BCUT2D eigenvalue weighted by molar-refractivity contribution is 9.10. The number of carbonyl (C=O) groups is 1. The van der Waals surface area contributed by atoms with E-state index in [9.17, 15) is 9.90 Å². The minimum absolute atomic E-state index is 0.226. The van der Waals surface area contributed by atoms with Gasteiger partial charge in [-0.3, -0.25) is 9.78 Å². The number of aliphatic hydroxyl groups is 1. The zero-order valence-corrected chi connectivity index (χ0v) is 12.5. The van der Waals surface area contributed by atoms with E-state index in [1.807, 2.05) is 24.3 Å². The van der Waals surface area contributed by atoms with E-state index in [0.29, 0.717) is 5.56 Å². The van der Waals surface area contributed by atoms with Crippen molar-refractivity contribution in [3.8, 4) is 0 Å². The molecule has 0 saturated heterocycles. The molecule has 1 aromatic heterocycles. The number of halogens is 1. The van der Waals surface area contributed by atoms with E-state index in [-0.39, 0.29) is 5.91 Å². The fourth-order valence-electron chi connectivity index (χ4n) is 1.82. The smallest absolute Gasteiger partial charge is 0.251 e. The Morgan fingerprint density at radius 1 is 1.20 bits per heavy atom. The summed E-state index contributed by atoms with van der Waals surface area (Å²) in [5, 5.41) is 13.0. The molecule has 2 unspecified atom stereocenters. The van der Waals surface area contributed by atoms with Crippen LogP contribution in [0.15, 0.2) is 53.3 Å². The first-order valence-electron chi connectivity index (χ1n) is 6.22. The second kappa shape index (κ2) is 6.63. The lowest BCUT2D eigenvalue weighted by atomic mass is 10.0. The van der Waals surface area contributed by atoms with Gasteiger partial charge in [-0.25, -0.2) is 0 Å². The van der Waals surface area contributed by atoms with Crippen molar-refractivity contribution >= 4 is 21.8 Å². The molecule has 2 atom stereocenters. The summed E-state index contributed by atoms with van der Waals surface area (Å²) in [7, 11) is 0. The zero-order valence-electron chi connectivity index (χ0n) is 11.0. The van der Waals surface area contributed by atoms with Crippen molar-refractivity contribution in [1.29, 1.82) is 0 Å². The number of hydrogen-bond acceptors (Lipinski definition) is 3. The van der Waals surface area contributed by atoms with E-state index in [1.165, 1.54) is 0 Å². The second-order valence-corrected chi connectivity index (χ2v) is 5.41. The predicted molar refractivity (Wildman–Crippen MR) is 80.3 cm³/mol. The minimum Gasteiger partial charge on any atom is -0.386 e. The van der Waals surface area contributed by atoms with Gasteiger partial charge in [0.2, 0.25) is 0 Å². The Hall–Kier alpha value is -1.72. The summed E-state index contributed by atoms with van der Waals surface area (Å²) in [5.74, 6) is -0.226. The molecule has 5 heteroatoms. The van der Waals surface area contributed by atoms with Crippen LogP contribution in [0.1, 0.15) is 28.9 Å². The third kappa shape index (κ3) is 3.65. The van der Waals surface area contributed by atoms with Crippen molar-refractivity contribution in [2.24, 2.45) is 0 Å². The molecule has 0 aliphatic heterocycles. The van der Waals surface area contributed by atoms with E-state index in [0.717, 1.165) is 10.0 Å². The van der Waals surface area contributed by atoms with Gasteiger partial charge < -0.3 is 10.4 Å². The zero-order chi connectivity index (χ0) is 14.5. The summed E-state index contributed by atoms with van der Waals surface area (Å²) in [6, 6.07) is 10.2. The number of aliphatic hydroxyl groups excluding tert-OH is 1. The Labute approximate surface area is 126 Å². The van der Waals surface area contributed by atoms with Crippen LogP contribution >= 0.6 is 15.9 Å². The fraction of sp³-hybridized carbons (Fsp3) is 0.200. The summed E-state index contributed by atoms with van der Waals surface area (Å²) in [6.45, 7) is 1.77. The number of nitrogens with one attached hydrogen (secondary N) is 1. The summed E-state index contributed by atoms with van der Waals surface area (Å²) >= 11 is 3.35. The van der Waals surface area contributed by atoms with Crippen LogP contribution in [0, 0.1) is 0 Å². The molecule has 0 bridgehead atoms. The Morgan fingerprint density at radius 3 is 2.40 bits per heavy atom. The number of benzene rings is 1. The number of nitrogens with zero attached hydrogens (tertiary/aromatic N) is 1. The molecule has 0 radical (unpaired) electrons. The molecular formula is C15H15BrN2O2. The number of amides is 1. The van der Waals surface area contributed by atoms with E-state index >= 15 is 0 Å². The maximum Gasteiger partial charge on any atom is 0.251 e.